The molecule has 2 N–H and O–H groups in total. The first-order valence-electron chi connectivity index (χ1n) is 8.09. The zero-order valence-electron chi connectivity index (χ0n) is 12.9. The van der Waals surface area contributed by atoms with Crippen LogP contribution in [0.2, 0.25) is 0 Å². The predicted octanol–water partition coefficient (Wildman–Crippen LogP) is 3.05. The van der Waals surface area contributed by atoms with Crippen LogP contribution in [-0.4, -0.2) is 31.7 Å². The molecular formula is C17H26N2O2. The number of anilines is 1. The van der Waals surface area contributed by atoms with Crippen molar-refractivity contribution in [2.75, 3.05) is 32.5 Å². The third-order valence-corrected chi connectivity index (χ3v) is 4.54. The number of benzene rings is 1. The molecule has 3 rings (SSSR count). The van der Waals surface area contributed by atoms with E-state index in [1.165, 1.54) is 32.1 Å². The van der Waals surface area contributed by atoms with Crippen molar-refractivity contribution in [1.29, 1.82) is 0 Å². The van der Waals surface area contributed by atoms with Crippen LogP contribution in [0.4, 0.5) is 5.69 Å². The van der Waals surface area contributed by atoms with E-state index in [-0.39, 0.29) is 0 Å². The minimum Gasteiger partial charge on any atom is -0.486 e. The van der Waals surface area contributed by atoms with Gasteiger partial charge in [-0.25, -0.2) is 0 Å². The molecule has 0 saturated heterocycles. The summed E-state index contributed by atoms with van der Waals surface area (Å²) in [6.45, 7) is 3.26. The van der Waals surface area contributed by atoms with Gasteiger partial charge in [0.1, 0.15) is 13.2 Å². The van der Waals surface area contributed by atoms with Crippen molar-refractivity contribution in [3.8, 4) is 11.5 Å². The Hall–Kier alpha value is -1.42. The Morgan fingerprint density at radius 3 is 2.48 bits per heavy atom. The summed E-state index contributed by atoms with van der Waals surface area (Å²) in [7, 11) is 2.19. The van der Waals surface area contributed by atoms with E-state index in [9.17, 15) is 0 Å². The Labute approximate surface area is 127 Å². The molecular weight excluding hydrogens is 264 g/mol. The molecule has 1 saturated carbocycles. The maximum atomic E-state index is 6.16. The van der Waals surface area contributed by atoms with Crippen molar-refractivity contribution in [3.63, 3.8) is 0 Å². The number of hydrogen-bond donors (Lipinski definition) is 1. The van der Waals surface area contributed by atoms with Gasteiger partial charge in [-0.15, -0.1) is 0 Å². The number of rotatable bonds is 4. The van der Waals surface area contributed by atoms with Gasteiger partial charge < -0.3 is 20.1 Å². The maximum absolute atomic E-state index is 6.16. The summed E-state index contributed by atoms with van der Waals surface area (Å²) >= 11 is 0. The lowest BCUT2D eigenvalue weighted by atomic mass is 9.89. The summed E-state index contributed by atoms with van der Waals surface area (Å²) in [4.78, 5) is 2.39. The highest BCUT2D eigenvalue weighted by Crippen LogP contribution is 2.35. The van der Waals surface area contributed by atoms with Gasteiger partial charge in [0, 0.05) is 24.8 Å². The van der Waals surface area contributed by atoms with E-state index in [0.29, 0.717) is 13.2 Å². The van der Waals surface area contributed by atoms with Gasteiger partial charge in [0.15, 0.2) is 11.5 Å². The first-order valence-corrected chi connectivity index (χ1v) is 8.09. The largest absolute Gasteiger partial charge is 0.486 e. The fraction of sp³-hybridized carbons (Fsp3) is 0.647. The molecule has 4 nitrogen and oxygen atoms in total. The Kier molecular flexibility index (Phi) is 4.54. The van der Waals surface area contributed by atoms with Gasteiger partial charge in [-0.2, -0.15) is 0 Å². The van der Waals surface area contributed by atoms with Gasteiger partial charge >= 0.3 is 0 Å². The van der Waals surface area contributed by atoms with Gasteiger partial charge in [-0.1, -0.05) is 19.3 Å². The number of hydrogen-bond acceptors (Lipinski definition) is 4. The van der Waals surface area contributed by atoms with Gasteiger partial charge in [0.25, 0.3) is 0 Å². The molecule has 1 aromatic carbocycles. The zero-order chi connectivity index (χ0) is 14.7. The minimum atomic E-state index is 0.605. The molecule has 1 fully saturated rings. The summed E-state index contributed by atoms with van der Waals surface area (Å²) < 4.78 is 11.2. The van der Waals surface area contributed by atoms with E-state index >= 15 is 0 Å². The van der Waals surface area contributed by atoms with Crippen LogP contribution in [0, 0.1) is 5.92 Å². The molecule has 1 aromatic rings. The van der Waals surface area contributed by atoms with Crippen molar-refractivity contribution in [2.24, 2.45) is 5.92 Å². The third-order valence-electron chi connectivity index (χ3n) is 4.54. The first kappa shape index (κ1) is 14.5. The van der Waals surface area contributed by atoms with Crippen molar-refractivity contribution in [2.45, 2.75) is 38.6 Å². The molecule has 1 heterocycles. The standard InChI is InChI=1S/C17H26N2O2/c1-19(11-13-5-3-2-4-6-13)12-14-9-16-17(10-15(14)18)21-8-7-20-16/h9-10,13H,2-8,11-12,18H2,1H3. The molecule has 0 amide bonds. The molecule has 1 aliphatic carbocycles. The van der Waals surface area contributed by atoms with Crippen LogP contribution in [0.15, 0.2) is 12.1 Å². The van der Waals surface area contributed by atoms with Crippen LogP contribution in [0.25, 0.3) is 0 Å². The summed E-state index contributed by atoms with van der Waals surface area (Å²) in [5, 5.41) is 0. The number of nitrogens with two attached hydrogens (primary N) is 1. The molecule has 1 aliphatic heterocycles. The Bertz CT molecular complexity index is 484. The molecule has 0 unspecified atom stereocenters. The fourth-order valence-electron chi connectivity index (χ4n) is 3.45. The van der Waals surface area contributed by atoms with Crippen molar-refractivity contribution < 1.29 is 9.47 Å². The second kappa shape index (κ2) is 6.56. The molecule has 0 spiro atoms. The minimum absolute atomic E-state index is 0.605. The molecule has 116 valence electrons. The van der Waals surface area contributed by atoms with E-state index in [1.54, 1.807) is 0 Å². The lowest BCUT2D eigenvalue weighted by Crippen LogP contribution is -2.27. The summed E-state index contributed by atoms with van der Waals surface area (Å²) in [6, 6.07) is 3.94. The lowest BCUT2D eigenvalue weighted by molar-refractivity contribution is 0.171. The van der Waals surface area contributed by atoms with E-state index in [1.807, 2.05) is 12.1 Å². The van der Waals surface area contributed by atoms with Crippen molar-refractivity contribution in [3.05, 3.63) is 17.7 Å². The van der Waals surface area contributed by atoms with Gasteiger partial charge in [0.2, 0.25) is 0 Å². The highest BCUT2D eigenvalue weighted by Gasteiger charge is 2.18. The number of ether oxygens (including phenoxy) is 2. The molecule has 0 atom stereocenters. The Morgan fingerprint density at radius 2 is 1.76 bits per heavy atom. The maximum Gasteiger partial charge on any atom is 0.163 e. The predicted molar refractivity (Wildman–Crippen MR) is 84.8 cm³/mol. The molecule has 0 bridgehead atoms. The van der Waals surface area contributed by atoms with Crippen LogP contribution < -0.4 is 15.2 Å². The highest BCUT2D eigenvalue weighted by molar-refractivity contribution is 5.58. The second-order valence-corrected chi connectivity index (χ2v) is 6.40. The highest BCUT2D eigenvalue weighted by atomic mass is 16.6. The van der Waals surface area contributed by atoms with Gasteiger partial charge in [-0.05, 0) is 37.4 Å². The van der Waals surface area contributed by atoms with Crippen LogP contribution in [0.5, 0.6) is 11.5 Å². The van der Waals surface area contributed by atoms with E-state index in [4.69, 9.17) is 15.2 Å². The average Bonchev–Trinajstić information content (AvgIpc) is 2.49. The summed E-state index contributed by atoms with van der Waals surface area (Å²) in [5.74, 6) is 2.45. The molecule has 2 aliphatic rings. The number of fused-ring (bicyclic) bond motifs is 1. The smallest absolute Gasteiger partial charge is 0.163 e. The lowest BCUT2D eigenvalue weighted by Gasteiger charge is -2.28. The topological polar surface area (TPSA) is 47.7 Å². The fourth-order valence-corrected chi connectivity index (χ4v) is 3.45. The quantitative estimate of drug-likeness (QED) is 0.866. The van der Waals surface area contributed by atoms with Crippen LogP contribution in [0.3, 0.4) is 0 Å². The van der Waals surface area contributed by atoms with Crippen molar-refractivity contribution in [1.82, 2.24) is 4.90 Å². The monoisotopic (exact) mass is 290 g/mol. The van der Waals surface area contributed by atoms with Crippen molar-refractivity contribution >= 4 is 5.69 Å². The first-order chi connectivity index (χ1) is 10.2. The Balaban J connectivity index is 1.63. The summed E-state index contributed by atoms with van der Waals surface area (Å²) in [5.41, 5.74) is 8.10. The van der Waals surface area contributed by atoms with Crippen LogP contribution >= 0.6 is 0 Å². The average molecular weight is 290 g/mol. The summed E-state index contributed by atoms with van der Waals surface area (Å²) in [6.07, 6.45) is 6.95. The molecule has 21 heavy (non-hydrogen) atoms. The zero-order valence-corrected chi connectivity index (χ0v) is 12.9. The van der Waals surface area contributed by atoms with E-state index in [2.05, 4.69) is 11.9 Å². The molecule has 0 aromatic heterocycles. The Morgan fingerprint density at radius 1 is 1.10 bits per heavy atom. The van der Waals surface area contributed by atoms with E-state index in [0.717, 1.165) is 41.8 Å². The van der Waals surface area contributed by atoms with Crippen LogP contribution in [0.1, 0.15) is 37.7 Å². The molecule has 0 radical (unpaired) electrons. The molecule has 4 heteroatoms. The number of nitrogens with zero attached hydrogens (tertiary/aromatic N) is 1. The second-order valence-electron chi connectivity index (χ2n) is 6.40. The van der Waals surface area contributed by atoms with Gasteiger partial charge in [-0.3, -0.25) is 0 Å². The SMILES string of the molecule is CN(Cc1cc2c(cc1N)OCCO2)CC1CCCCC1. The number of nitrogen functional groups attached to an aromatic ring is 1. The van der Waals surface area contributed by atoms with Gasteiger partial charge in [0.05, 0.1) is 0 Å². The van der Waals surface area contributed by atoms with E-state index < -0.39 is 0 Å². The third kappa shape index (κ3) is 3.62. The van der Waals surface area contributed by atoms with Crippen LogP contribution in [-0.2, 0) is 6.54 Å². The normalized spacial score (nSPS) is 19.0.